The largest absolute Gasteiger partial charge is 0.352 e. The monoisotopic (exact) mass is 416 g/mol. The van der Waals surface area contributed by atoms with Gasteiger partial charge in [0, 0.05) is 23.4 Å². The van der Waals surface area contributed by atoms with Crippen molar-refractivity contribution in [3.05, 3.63) is 64.4 Å². The topological polar surface area (TPSA) is 88.3 Å². The summed E-state index contributed by atoms with van der Waals surface area (Å²) < 4.78 is 0.884. The van der Waals surface area contributed by atoms with E-state index in [-0.39, 0.29) is 18.4 Å². The molecule has 1 aromatic carbocycles. The van der Waals surface area contributed by atoms with Gasteiger partial charge in [0.1, 0.15) is 0 Å². The maximum Gasteiger partial charge on any atom is 0.312 e. The second kappa shape index (κ2) is 8.31. The van der Waals surface area contributed by atoms with Crippen LogP contribution in [0.3, 0.4) is 0 Å². The Morgan fingerprint density at radius 2 is 2.08 bits per heavy atom. The van der Waals surface area contributed by atoms with Crippen LogP contribution >= 0.6 is 15.9 Å². The zero-order valence-electron chi connectivity index (χ0n) is 14.3. The summed E-state index contributed by atoms with van der Waals surface area (Å²) in [5, 5.41) is 2.69. The Balaban J connectivity index is 1.77. The first-order chi connectivity index (χ1) is 12.5. The summed E-state index contributed by atoms with van der Waals surface area (Å²) in [6, 6.07) is 10.4. The Morgan fingerprint density at radius 1 is 1.31 bits per heavy atom. The van der Waals surface area contributed by atoms with Gasteiger partial charge in [0.25, 0.3) is 0 Å². The fourth-order valence-corrected chi connectivity index (χ4v) is 3.85. The second-order valence-electron chi connectivity index (χ2n) is 6.35. The molecule has 0 bridgehead atoms. The van der Waals surface area contributed by atoms with Crippen molar-refractivity contribution < 1.29 is 9.59 Å². The first kappa shape index (κ1) is 18.4. The zero-order valence-corrected chi connectivity index (χ0v) is 15.9. The quantitative estimate of drug-likeness (QED) is 0.783. The van der Waals surface area contributed by atoms with Gasteiger partial charge in [-0.25, -0.2) is 4.79 Å². The number of likely N-dealkylation sites (tertiary alicyclic amines) is 1. The van der Waals surface area contributed by atoms with E-state index < -0.39 is 12.1 Å². The molecule has 2 heterocycles. The van der Waals surface area contributed by atoms with Crippen molar-refractivity contribution in [1.29, 1.82) is 0 Å². The van der Waals surface area contributed by atoms with Gasteiger partial charge in [-0.1, -0.05) is 28.1 Å². The van der Waals surface area contributed by atoms with Crippen LogP contribution in [-0.2, 0) is 4.79 Å². The third-order valence-electron chi connectivity index (χ3n) is 4.61. The summed E-state index contributed by atoms with van der Waals surface area (Å²) in [7, 11) is 0. The molecule has 2 atom stereocenters. The van der Waals surface area contributed by atoms with Gasteiger partial charge in [-0.05, 0) is 48.2 Å². The zero-order chi connectivity index (χ0) is 18.5. The minimum atomic E-state index is -0.644. The van der Waals surface area contributed by atoms with E-state index in [0.29, 0.717) is 6.54 Å². The molecule has 1 aliphatic rings. The van der Waals surface area contributed by atoms with Crippen LogP contribution in [0.5, 0.6) is 0 Å². The van der Waals surface area contributed by atoms with Crippen LogP contribution in [0.4, 0.5) is 4.79 Å². The number of nitrogens with one attached hydrogen (secondary N) is 1. The highest BCUT2D eigenvalue weighted by Crippen LogP contribution is 2.33. The number of benzene rings is 1. The SMILES string of the molecule is NC(=O)N[C@@H](CC(=O)N1CCC[C@@H]1c1ccncc1)c1cccc(Br)c1. The van der Waals surface area contributed by atoms with E-state index in [0.717, 1.165) is 28.4 Å². The highest BCUT2D eigenvalue weighted by atomic mass is 79.9. The molecule has 26 heavy (non-hydrogen) atoms. The number of rotatable bonds is 5. The molecule has 0 radical (unpaired) electrons. The third kappa shape index (κ3) is 4.40. The molecular weight excluding hydrogens is 396 g/mol. The number of halogens is 1. The Labute approximate surface area is 160 Å². The highest BCUT2D eigenvalue weighted by molar-refractivity contribution is 9.10. The lowest BCUT2D eigenvalue weighted by Crippen LogP contribution is -2.38. The van der Waals surface area contributed by atoms with Crippen LogP contribution in [0, 0.1) is 0 Å². The van der Waals surface area contributed by atoms with E-state index >= 15 is 0 Å². The second-order valence-corrected chi connectivity index (χ2v) is 7.26. The number of urea groups is 1. The number of nitrogens with zero attached hydrogens (tertiary/aromatic N) is 2. The predicted molar refractivity (Wildman–Crippen MR) is 102 cm³/mol. The molecule has 2 aromatic rings. The number of amides is 3. The maximum atomic E-state index is 13.0. The number of primary amides is 1. The molecule has 3 N–H and O–H groups in total. The van der Waals surface area contributed by atoms with Gasteiger partial charge < -0.3 is 16.0 Å². The minimum Gasteiger partial charge on any atom is -0.352 e. The van der Waals surface area contributed by atoms with E-state index in [1.54, 1.807) is 12.4 Å². The molecule has 1 saturated heterocycles. The lowest BCUT2D eigenvalue weighted by Gasteiger charge is -2.27. The average Bonchev–Trinajstić information content (AvgIpc) is 3.11. The van der Waals surface area contributed by atoms with Crippen molar-refractivity contribution in [2.75, 3.05) is 6.54 Å². The summed E-state index contributed by atoms with van der Waals surface area (Å²) >= 11 is 3.42. The number of carbonyl (C=O) groups excluding carboxylic acids is 2. The summed E-state index contributed by atoms with van der Waals surface area (Å²) in [5.74, 6) is 0.00281. The molecule has 0 spiro atoms. The van der Waals surface area contributed by atoms with E-state index in [2.05, 4.69) is 26.2 Å². The van der Waals surface area contributed by atoms with Gasteiger partial charge in [-0.3, -0.25) is 9.78 Å². The van der Waals surface area contributed by atoms with Crippen LogP contribution < -0.4 is 11.1 Å². The molecule has 3 amide bonds. The predicted octanol–water partition coefficient (Wildman–Crippen LogP) is 3.31. The van der Waals surface area contributed by atoms with Crippen LogP contribution in [0.15, 0.2) is 53.3 Å². The molecule has 136 valence electrons. The summed E-state index contributed by atoms with van der Waals surface area (Å²) in [5.41, 5.74) is 7.25. The van der Waals surface area contributed by atoms with Crippen molar-refractivity contribution in [1.82, 2.24) is 15.2 Å². The third-order valence-corrected chi connectivity index (χ3v) is 5.10. The normalized spacial score (nSPS) is 17.7. The average molecular weight is 417 g/mol. The first-order valence-corrected chi connectivity index (χ1v) is 9.34. The molecule has 1 aromatic heterocycles. The number of carbonyl (C=O) groups is 2. The van der Waals surface area contributed by atoms with E-state index in [1.165, 1.54) is 0 Å². The summed E-state index contributed by atoms with van der Waals surface area (Å²) in [6.45, 7) is 0.716. The van der Waals surface area contributed by atoms with E-state index in [4.69, 9.17) is 5.73 Å². The molecule has 6 nitrogen and oxygen atoms in total. The van der Waals surface area contributed by atoms with Gasteiger partial charge in [-0.15, -0.1) is 0 Å². The molecule has 0 saturated carbocycles. The Morgan fingerprint density at radius 3 is 2.77 bits per heavy atom. The van der Waals surface area contributed by atoms with Gasteiger partial charge in [0.05, 0.1) is 18.5 Å². The lowest BCUT2D eigenvalue weighted by atomic mass is 10.0. The number of aromatic nitrogens is 1. The van der Waals surface area contributed by atoms with Crippen LogP contribution in [-0.4, -0.2) is 28.4 Å². The van der Waals surface area contributed by atoms with Crippen LogP contribution in [0.1, 0.15) is 42.5 Å². The molecular formula is C19H21BrN4O2. The molecule has 0 unspecified atom stereocenters. The van der Waals surface area contributed by atoms with Crippen molar-refractivity contribution in [2.24, 2.45) is 5.73 Å². The Kier molecular flexibility index (Phi) is 5.88. The van der Waals surface area contributed by atoms with Crippen molar-refractivity contribution >= 4 is 27.9 Å². The number of hydrogen-bond acceptors (Lipinski definition) is 3. The van der Waals surface area contributed by atoms with Crippen LogP contribution in [0.2, 0.25) is 0 Å². The molecule has 7 heteroatoms. The fourth-order valence-electron chi connectivity index (χ4n) is 3.44. The van der Waals surface area contributed by atoms with Gasteiger partial charge in [0.15, 0.2) is 0 Å². The Bertz CT molecular complexity index is 784. The molecule has 0 aliphatic carbocycles. The van der Waals surface area contributed by atoms with Gasteiger partial charge in [0.2, 0.25) is 5.91 Å². The van der Waals surface area contributed by atoms with Gasteiger partial charge >= 0.3 is 6.03 Å². The first-order valence-electron chi connectivity index (χ1n) is 8.55. The van der Waals surface area contributed by atoms with Crippen molar-refractivity contribution in [3.8, 4) is 0 Å². The number of hydrogen-bond donors (Lipinski definition) is 2. The summed E-state index contributed by atoms with van der Waals surface area (Å²) in [6.07, 6.45) is 5.55. The van der Waals surface area contributed by atoms with Gasteiger partial charge in [-0.2, -0.15) is 0 Å². The molecule has 1 fully saturated rings. The number of pyridine rings is 1. The standard InChI is InChI=1S/C19H21BrN4O2/c20-15-4-1-3-14(11-15)16(23-19(21)26)12-18(25)24-10-2-5-17(24)13-6-8-22-9-7-13/h1,3-4,6-9,11,16-17H,2,5,10,12H2,(H3,21,23,26)/t16-,17+/m0/s1. The molecule has 1 aliphatic heterocycles. The smallest absolute Gasteiger partial charge is 0.312 e. The van der Waals surface area contributed by atoms with E-state index in [9.17, 15) is 9.59 Å². The molecule has 3 rings (SSSR count). The Hall–Kier alpha value is -2.41. The number of nitrogens with two attached hydrogens (primary N) is 1. The highest BCUT2D eigenvalue weighted by Gasteiger charge is 2.31. The maximum absolute atomic E-state index is 13.0. The van der Waals surface area contributed by atoms with Crippen molar-refractivity contribution in [2.45, 2.75) is 31.3 Å². The fraction of sp³-hybridized carbons (Fsp3) is 0.316. The minimum absolute atomic E-state index is 0.00281. The summed E-state index contributed by atoms with van der Waals surface area (Å²) in [4.78, 5) is 30.3. The lowest BCUT2D eigenvalue weighted by molar-refractivity contribution is -0.132. The van der Waals surface area contributed by atoms with E-state index in [1.807, 2.05) is 41.3 Å². The van der Waals surface area contributed by atoms with Crippen LogP contribution in [0.25, 0.3) is 0 Å². The van der Waals surface area contributed by atoms with Crippen molar-refractivity contribution in [3.63, 3.8) is 0 Å².